The first-order valence-electron chi connectivity index (χ1n) is 5.38. The molecule has 0 aliphatic carbocycles. The van der Waals surface area contributed by atoms with Crippen LogP contribution < -0.4 is 0 Å². The molecule has 1 heterocycles. The molecule has 1 amide bonds. The molecule has 2 rings (SSSR count). The number of cyclic esters (lactones) is 1. The summed E-state index contributed by atoms with van der Waals surface area (Å²) >= 11 is 0. The van der Waals surface area contributed by atoms with Crippen LogP contribution in [-0.4, -0.2) is 25.4 Å². The van der Waals surface area contributed by atoms with Crippen LogP contribution in [-0.2, 0) is 14.8 Å². The summed E-state index contributed by atoms with van der Waals surface area (Å²) in [6, 6.07) is 6.31. The number of ether oxygens (including phenoxy) is 1. The number of sulfonamides is 1. The lowest BCUT2D eigenvalue weighted by Crippen LogP contribution is -2.38. The third-order valence-electron chi connectivity index (χ3n) is 2.63. The lowest BCUT2D eigenvalue weighted by atomic mass is 10.2. The molecule has 0 bridgehead atoms. The molecule has 0 unspecified atom stereocenters. The lowest BCUT2D eigenvalue weighted by Gasteiger charge is -2.25. The molecular formula is C12H13NO4S. The molecule has 1 aromatic rings. The Balaban J connectivity index is 2.48. The molecule has 0 atom stereocenters. The van der Waals surface area contributed by atoms with Crippen LogP contribution >= 0.6 is 0 Å². The minimum Gasteiger partial charge on any atom is -0.444 e. The van der Waals surface area contributed by atoms with Crippen LogP contribution in [0.1, 0.15) is 12.5 Å². The van der Waals surface area contributed by atoms with Gasteiger partial charge in [0.25, 0.3) is 10.0 Å². The molecule has 96 valence electrons. The Bertz CT molecular complexity index is 601. The van der Waals surface area contributed by atoms with Gasteiger partial charge in [-0.3, -0.25) is 0 Å². The molecule has 5 nitrogen and oxygen atoms in total. The molecule has 18 heavy (non-hydrogen) atoms. The molecule has 0 spiro atoms. The Morgan fingerprint density at radius 2 is 1.78 bits per heavy atom. The third-order valence-corrected chi connectivity index (χ3v) is 4.42. The number of nitrogens with zero attached hydrogens (tertiary/aromatic N) is 1. The molecule has 0 radical (unpaired) electrons. The molecular weight excluding hydrogens is 254 g/mol. The Hall–Kier alpha value is -1.82. The monoisotopic (exact) mass is 267 g/mol. The first-order chi connectivity index (χ1) is 8.43. The van der Waals surface area contributed by atoms with E-state index in [9.17, 15) is 13.2 Å². The molecule has 0 fully saturated rings. The summed E-state index contributed by atoms with van der Waals surface area (Å²) in [5.41, 5.74) is 1.30. The number of carbonyl (C=O) groups is 1. The normalized spacial score (nSPS) is 16.2. The number of hydrogen-bond donors (Lipinski definition) is 0. The quantitative estimate of drug-likeness (QED) is 0.822. The summed E-state index contributed by atoms with van der Waals surface area (Å²) in [7, 11) is -3.89. The van der Waals surface area contributed by atoms with Gasteiger partial charge in [0, 0.05) is 5.70 Å². The lowest BCUT2D eigenvalue weighted by molar-refractivity contribution is 0.135. The minimum absolute atomic E-state index is 0.0692. The first kappa shape index (κ1) is 12.6. The number of amides is 1. The van der Waals surface area contributed by atoms with Gasteiger partial charge < -0.3 is 4.74 Å². The van der Waals surface area contributed by atoms with E-state index in [1.165, 1.54) is 12.1 Å². The van der Waals surface area contributed by atoms with Gasteiger partial charge in [-0.05, 0) is 32.1 Å². The Morgan fingerprint density at radius 3 is 2.33 bits per heavy atom. The van der Waals surface area contributed by atoms with E-state index >= 15 is 0 Å². The van der Waals surface area contributed by atoms with Crippen LogP contribution in [0.25, 0.3) is 0 Å². The van der Waals surface area contributed by atoms with Crippen molar-refractivity contribution in [3.8, 4) is 0 Å². The van der Waals surface area contributed by atoms with Gasteiger partial charge in [0.05, 0.1) is 4.90 Å². The van der Waals surface area contributed by atoms with E-state index in [0.717, 1.165) is 5.56 Å². The number of benzene rings is 1. The Labute approximate surface area is 106 Å². The molecule has 0 saturated carbocycles. The zero-order valence-electron chi connectivity index (χ0n) is 10.1. The van der Waals surface area contributed by atoms with Crippen molar-refractivity contribution in [2.45, 2.75) is 18.7 Å². The fourth-order valence-corrected chi connectivity index (χ4v) is 3.02. The summed E-state index contributed by atoms with van der Waals surface area (Å²) in [6.07, 6.45) is 0.684. The van der Waals surface area contributed by atoms with Crippen LogP contribution in [0.5, 0.6) is 0 Å². The van der Waals surface area contributed by atoms with E-state index in [1.807, 2.05) is 6.92 Å². The fourth-order valence-electron chi connectivity index (χ4n) is 1.62. The minimum atomic E-state index is -3.89. The molecule has 1 aliphatic rings. The van der Waals surface area contributed by atoms with Crippen molar-refractivity contribution in [3.05, 3.63) is 41.6 Å². The van der Waals surface area contributed by atoms with Crippen molar-refractivity contribution in [2.24, 2.45) is 0 Å². The number of hydrogen-bond acceptors (Lipinski definition) is 4. The second-order valence-corrected chi connectivity index (χ2v) is 5.79. The van der Waals surface area contributed by atoms with Crippen molar-refractivity contribution in [3.63, 3.8) is 0 Å². The summed E-state index contributed by atoms with van der Waals surface area (Å²) < 4.78 is 30.0. The summed E-state index contributed by atoms with van der Waals surface area (Å²) in [5.74, 6) is 0. The zero-order chi connectivity index (χ0) is 13.3. The molecule has 1 aliphatic heterocycles. The first-order valence-corrected chi connectivity index (χ1v) is 6.82. The molecule has 1 aromatic carbocycles. The summed E-state index contributed by atoms with van der Waals surface area (Å²) in [6.45, 7) is 3.52. The third kappa shape index (κ3) is 2.11. The van der Waals surface area contributed by atoms with Gasteiger partial charge in [-0.2, -0.15) is 4.31 Å². The molecule has 6 heteroatoms. The number of aryl methyl sites for hydroxylation is 1. The molecule has 0 N–H and O–H groups in total. The highest BCUT2D eigenvalue weighted by Gasteiger charge is 2.33. The highest BCUT2D eigenvalue weighted by molar-refractivity contribution is 7.89. The second kappa shape index (κ2) is 4.45. The van der Waals surface area contributed by atoms with E-state index in [4.69, 9.17) is 4.74 Å². The second-order valence-electron chi connectivity index (χ2n) is 4.00. The standard InChI is InChI=1S/C12H13NO4S/c1-9-3-5-11(6-4-9)18(15,16)13-10(2)7-8-17-12(13)14/h3-7H,8H2,1-2H3. The maximum Gasteiger partial charge on any atom is 0.428 e. The maximum atomic E-state index is 12.3. The Morgan fingerprint density at radius 1 is 1.17 bits per heavy atom. The number of rotatable bonds is 2. The van der Waals surface area contributed by atoms with Gasteiger partial charge >= 0.3 is 6.09 Å². The van der Waals surface area contributed by atoms with E-state index in [2.05, 4.69) is 0 Å². The largest absolute Gasteiger partial charge is 0.444 e. The smallest absolute Gasteiger partial charge is 0.428 e. The van der Waals surface area contributed by atoms with Gasteiger partial charge in [0.15, 0.2) is 0 Å². The highest BCUT2D eigenvalue weighted by Crippen LogP contribution is 2.23. The average Bonchev–Trinajstić information content (AvgIpc) is 2.29. The number of carbonyl (C=O) groups excluding carboxylic acids is 1. The van der Waals surface area contributed by atoms with Crippen LogP contribution in [0, 0.1) is 6.92 Å². The van der Waals surface area contributed by atoms with Crippen molar-refractivity contribution < 1.29 is 17.9 Å². The predicted molar refractivity (Wildman–Crippen MR) is 65.3 cm³/mol. The fraction of sp³-hybridized carbons (Fsp3) is 0.250. The van der Waals surface area contributed by atoms with Crippen LogP contribution in [0.4, 0.5) is 4.79 Å². The van der Waals surface area contributed by atoms with Gasteiger partial charge in [-0.25, -0.2) is 13.2 Å². The molecule has 0 aromatic heterocycles. The predicted octanol–water partition coefficient (Wildman–Crippen LogP) is 2.04. The van der Waals surface area contributed by atoms with E-state index in [0.29, 0.717) is 10.0 Å². The van der Waals surface area contributed by atoms with Crippen molar-refractivity contribution in [1.82, 2.24) is 4.31 Å². The number of allylic oxidation sites excluding steroid dienone is 1. The SMILES string of the molecule is CC1=CCOC(=O)N1S(=O)(=O)c1ccc(C)cc1. The maximum absolute atomic E-state index is 12.3. The zero-order valence-corrected chi connectivity index (χ0v) is 10.9. The van der Waals surface area contributed by atoms with E-state index < -0.39 is 16.1 Å². The van der Waals surface area contributed by atoms with E-state index in [1.54, 1.807) is 25.1 Å². The van der Waals surface area contributed by atoms with Gasteiger partial charge in [-0.1, -0.05) is 17.7 Å². The summed E-state index contributed by atoms with van der Waals surface area (Å²) in [4.78, 5) is 11.6. The topological polar surface area (TPSA) is 63.7 Å². The summed E-state index contributed by atoms with van der Waals surface area (Å²) in [5, 5.41) is 0. The van der Waals surface area contributed by atoms with Crippen molar-refractivity contribution >= 4 is 16.1 Å². The van der Waals surface area contributed by atoms with Gasteiger partial charge in [-0.15, -0.1) is 0 Å². The van der Waals surface area contributed by atoms with Gasteiger partial charge in [0.1, 0.15) is 6.61 Å². The van der Waals surface area contributed by atoms with Crippen LogP contribution in [0.15, 0.2) is 40.9 Å². The van der Waals surface area contributed by atoms with Gasteiger partial charge in [0.2, 0.25) is 0 Å². The van der Waals surface area contributed by atoms with Crippen LogP contribution in [0.2, 0.25) is 0 Å². The highest BCUT2D eigenvalue weighted by atomic mass is 32.2. The van der Waals surface area contributed by atoms with Crippen molar-refractivity contribution in [1.29, 1.82) is 0 Å². The average molecular weight is 267 g/mol. The molecule has 0 saturated heterocycles. The van der Waals surface area contributed by atoms with Crippen LogP contribution in [0.3, 0.4) is 0 Å². The van der Waals surface area contributed by atoms with E-state index in [-0.39, 0.29) is 11.5 Å². The Kier molecular flexibility index (Phi) is 3.13. The van der Waals surface area contributed by atoms with Crippen molar-refractivity contribution in [2.75, 3.05) is 6.61 Å².